The van der Waals surface area contributed by atoms with Crippen LogP contribution in [0.15, 0.2) is 30.3 Å². The molecule has 0 N–H and O–H groups in total. The second-order valence-electron chi connectivity index (χ2n) is 6.25. The van der Waals surface area contributed by atoms with E-state index in [0.29, 0.717) is 5.91 Å². The SMILES string of the molecule is CCN(CC)C(=O)C1CCCN(C/C=C/c2ccccc2OC)C1. The quantitative estimate of drug-likeness (QED) is 0.769. The predicted octanol–water partition coefficient (Wildman–Crippen LogP) is 3.29. The molecule has 1 fully saturated rings. The van der Waals surface area contributed by atoms with Crippen molar-refractivity contribution in [3.8, 4) is 5.75 Å². The topological polar surface area (TPSA) is 32.8 Å². The van der Waals surface area contributed by atoms with Crippen LogP contribution in [0.25, 0.3) is 6.08 Å². The van der Waals surface area contributed by atoms with Crippen LogP contribution in [-0.2, 0) is 4.79 Å². The highest BCUT2D eigenvalue weighted by Gasteiger charge is 2.27. The van der Waals surface area contributed by atoms with Crippen LogP contribution >= 0.6 is 0 Å². The maximum Gasteiger partial charge on any atom is 0.226 e. The molecule has 1 aromatic rings. The van der Waals surface area contributed by atoms with E-state index in [0.717, 1.165) is 56.9 Å². The molecule has 132 valence electrons. The highest BCUT2D eigenvalue weighted by Crippen LogP contribution is 2.21. The monoisotopic (exact) mass is 330 g/mol. The van der Waals surface area contributed by atoms with Crippen molar-refractivity contribution in [1.82, 2.24) is 9.80 Å². The lowest BCUT2D eigenvalue weighted by Gasteiger charge is -2.33. The Bertz CT molecular complexity index is 552. The van der Waals surface area contributed by atoms with Crippen LogP contribution in [0.5, 0.6) is 5.75 Å². The molecule has 1 aliphatic heterocycles. The van der Waals surface area contributed by atoms with Crippen molar-refractivity contribution < 1.29 is 9.53 Å². The minimum absolute atomic E-state index is 0.151. The summed E-state index contributed by atoms with van der Waals surface area (Å²) in [6, 6.07) is 8.02. The zero-order chi connectivity index (χ0) is 17.4. The molecule has 1 atom stereocenters. The normalized spacial score (nSPS) is 18.7. The van der Waals surface area contributed by atoms with Gasteiger partial charge in [-0.25, -0.2) is 0 Å². The summed E-state index contributed by atoms with van der Waals surface area (Å²) < 4.78 is 5.37. The second kappa shape index (κ2) is 9.48. The number of carbonyl (C=O) groups is 1. The summed E-state index contributed by atoms with van der Waals surface area (Å²) in [6.07, 6.45) is 6.39. The molecular weight excluding hydrogens is 300 g/mol. The fourth-order valence-electron chi connectivity index (χ4n) is 3.35. The Hall–Kier alpha value is -1.81. The predicted molar refractivity (Wildman–Crippen MR) is 99.1 cm³/mol. The molecule has 1 aromatic carbocycles. The van der Waals surface area contributed by atoms with E-state index in [1.807, 2.05) is 23.1 Å². The van der Waals surface area contributed by atoms with Gasteiger partial charge in [0.15, 0.2) is 0 Å². The number of likely N-dealkylation sites (tertiary alicyclic amines) is 1. The van der Waals surface area contributed by atoms with E-state index in [2.05, 4.69) is 37.0 Å². The van der Waals surface area contributed by atoms with Crippen molar-refractivity contribution in [3.63, 3.8) is 0 Å². The summed E-state index contributed by atoms with van der Waals surface area (Å²) in [6.45, 7) is 8.53. The fourth-order valence-corrected chi connectivity index (χ4v) is 3.35. The minimum Gasteiger partial charge on any atom is -0.496 e. The van der Waals surface area contributed by atoms with Crippen LogP contribution in [-0.4, -0.2) is 55.5 Å². The molecule has 4 heteroatoms. The highest BCUT2D eigenvalue weighted by molar-refractivity contribution is 5.79. The lowest BCUT2D eigenvalue weighted by Crippen LogP contribution is -2.44. The van der Waals surface area contributed by atoms with Crippen molar-refractivity contribution in [1.29, 1.82) is 0 Å². The van der Waals surface area contributed by atoms with E-state index in [4.69, 9.17) is 4.74 Å². The van der Waals surface area contributed by atoms with Gasteiger partial charge in [0, 0.05) is 31.7 Å². The zero-order valence-electron chi connectivity index (χ0n) is 15.2. The number of ether oxygens (including phenoxy) is 1. The summed E-state index contributed by atoms with van der Waals surface area (Å²) in [7, 11) is 1.70. The van der Waals surface area contributed by atoms with Gasteiger partial charge in [0.2, 0.25) is 5.91 Å². The maximum atomic E-state index is 12.5. The van der Waals surface area contributed by atoms with Gasteiger partial charge in [-0.3, -0.25) is 9.69 Å². The fraction of sp³-hybridized carbons (Fsp3) is 0.550. The molecule has 2 rings (SSSR count). The molecule has 0 saturated carbocycles. The summed E-state index contributed by atoms with van der Waals surface area (Å²) >= 11 is 0. The molecule has 4 nitrogen and oxygen atoms in total. The first-order valence-corrected chi connectivity index (χ1v) is 9.00. The zero-order valence-corrected chi connectivity index (χ0v) is 15.2. The summed E-state index contributed by atoms with van der Waals surface area (Å²) in [4.78, 5) is 16.9. The Morgan fingerprint density at radius 3 is 2.79 bits per heavy atom. The number of amides is 1. The third kappa shape index (κ3) is 4.84. The van der Waals surface area contributed by atoms with Crippen LogP contribution < -0.4 is 4.74 Å². The van der Waals surface area contributed by atoms with Crippen molar-refractivity contribution in [2.45, 2.75) is 26.7 Å². The molecule has 1 saturated heterocycles. The maximum absolute atomic E-state index is 12.5. The van der Waals surface area contributed by atoms with E-state index < -0.39 is 0 Å². The first-order valence-electron chi connectivity index (χ1n) is 9.00. The molecule has 0 aromatic heterocycles. The smallest absolute Gasteiger partial charge is 0.226 e. The van der Waals surface area contributed by atoms with E-state index in [1.165, 1.54) is 0 Å². The van der Waals surface area contributed by atoms with Gasteiger partial charge >= 0.3 is 0 Å². The number of carbonyl (C=O) groups excluding carboxylic acids is 1. The number of benzene rings is 1. The summed E-state index contributed by atoms with van der Waals surface area (Å²) in [5, 5.41) is 0. The average molecular weight is 330 g/mol. The Kier molecular flexibility index (Phi) is 7.32. The molecule has 24 heavy (non-hydrogen) atoms. The molecule has 1 aliphatic rings. The second-order valence-corrected chi connectivity index (χ2v) is 6.25. The molecule has 0 aliphatic carbocycles. The van der Waals surface area contributed by atoms with Gasteiger partial charge in [-0.1, -0.05) is 30.4 Å². The molecule has 0 radical (unpaired) electrons. The van der Waals surface area contributed by atoms with Crippen LogP contribution in [0.3, 0.4) is 0 Å². The van der Waals surface area contributed by atoms with Gasteiger partial charge in [0.1, 0.15) is 5.75 Å². The Labute approximate surface area is 146 Å². The van der Waals surface area contributed by atoms with Crippen molar-refractivity contribution in [3.05, 3.63) is 35.9 Å². The minimum atomic E-state index is 0.151. The van der Waals surface area contributed by atoms with Crippen LogP contribution in [0.4, 0.5) is 0 Å². The van der Waals surface area contributed by atoms with Gasteiger partial charge < -0.3 is 9.64 Å². The van der Waals surface area contributed by atoms with Gasteiger partial charge in [-0.2, -0.15) is 0 Å². The van der Waals surface area contributed by atoms with E-state index in [9.17, 15) is 4.79 Å². The van der Waals surface area contributed by atoms with Crippen molar-refractivity contribution >= 4 is 12.0 Å². The third-order valence-electron chi connectivity index (χ3n) is 4.73. The molecule has 0 spiro atoms. The largest absolute Gasteiger partial charge is 0.496 e. The van der Waals surface area contributed by atoms with Crippen LogP contribution in [0.1, 0.15) is 32.3 Å². The van der Waals surface area contributed by atoms with Gasteiger partial charge in [-0.15, -0.1) is 0 Å². The molecule has 1 heterocycles. The first-order chi connectivity index (χ1) is 11.7. The number of piperidine rings is 1. The summed E-state index contributed by atoms with van der Waals surface area (Å²) in [5.74, 6) is 1.36. The molecule has 1 unspecified atom stereocenters. The Morgan fingerprint density at radius 1 is 1.33 bits per heavy atom. The lowest BCUT2D eigenvalue weighted by molar-refractivity contribution is -0.136. The number of hydrogen-bond acceptors (Lipinski definition) is 3. The molecule has 1 amide bonds. The van der Waals surface area contributed by atoms with E-state index >= 15 is 0 Å². The average Bonchev–Trinajstić information content (AvgIpc) is 2.63. The van der Waals surface area contributed by atoms with E-state index in [1.54, 1.807) is 7.11 Å². The Morgan fingerprint density at radius 2 is 2.08 bits per heavy atom. The first kappa shape index (κ1) is 18.5. The highest BCUT2D eigenvalue weighted by atomic mass is 16.5. The third-order valence-corrected chi connectivity index (χ3v) is 4.73. The Balaban J connectivity index is 1.91. The number of hydrogen-bond donors (Lipinski definition) is 0. The molecular formula is C20H30N2O2. The van der Waals surface area contributed by atoms with Gasteiger partial charge in [-0.05, 0) is 39.3 Å². The van der Waals surface area contributed by atoms with Gasteiger partial charge in [0.05, 0.1) is 13.0 Å². The number of nitrogens with zero attached hydrogens (tertiary/aromatic N) is 2. The number of para-hydroxylation sites is 1. The van der Waals surface area contributed by atoms with Crippen LogP contribution in [0.2, 0.25) is 0 Å². The summed E-state index contributed by atoms with van der Waals surface area (Å²) in [5.41, 5.74) is 1.09. The van der Waals surface area contributed by atoms with Crippen molar-refractivity contribution in [2.75, 3.05) is 39.8 Å². The standard InChI is InChI=1S/C20H30N2O2/c1-4-22(5-2)20(23)18-12-9-15-21(16-18)14-8-11-17-10-6-7-13-19(17)24-3/h6-8,10-11,13,18H,4-5,9,12,14-16H2,1-3H3/b11-8+. The number of rotatable bonds is 7. The van der Waals surface area contributed by atoms with E-state index in [-0.39, 0.29) is 5.92 Å². The number of methoxy groups -OCH3 is 1. The van der Waals surface area contributed by atoms with Crippen molar-refractivity contribution in [2.24, 2.45) is 5.92 Å². The molecule has 0 bridgehead atoms. The van der Waals surface area contributed by atoms with Gasteiger partial charge in [0.25, 0.3) is 0 Å². The lowest BCUT2D eigenvalue weighted by atomic mass is 9.96. The van der Waals surface area contributed by atoms with Crippen LogP contribution in [0, 0.1) is 5.92 Å².